The zero-order chi connectivity index (χ0) is 22.5. The number of likely N-dealkylation sites (tertiary alicyclic amines) is 1. The molecule has 0 aliphatic carbocycles. The summed E-state index contributed by atoms with van der Waals surface area (Å²) in [5.41, 5.74) is 0. The molecule has 2 heterocycles. The maximum atomic E-state index is 13.6. The van der Waals surface area contributed by atoms with Crippen LogP contribution in [-0.2, 0) is 14.6 Å². The second-order valence-corrected chi connectivity index (χ2v) is 9.79. The number of sulfone groups is 1. The van der Waals surface area contributed by atoms with Crippen LogP contribution in [0.25, 0.3) is 0 Å². The van der Waals surface area contributed by atoms with Crippen molar-refractivity contribution in [3.8, 4) is 17.6 Å². The summed E-state index contributed by atoms with van der Waals surface area (Å²) in [6.07, 6.45) is 1.45. The Morgan fingerprint density at radius 1 is 1.19 bits per heavy atom. The summed E-state index contributed by atoms with van der Waals surface area (Å²) >= 11 is 0. The number of nitrogens with one attached hydrogen (secondary N) is 1. The Hall–Kier alpha value is -2.61. The number of hydrogen-bond donors (Lipinski definition) is 2. The van der Waals surface area contributed by atoms with Crippen molar-refractivity contribution in [3.05, 3.63) is 24.3 Å². The van der Waals surface area contributed by atoms with Crippen molar-refractivity contribution in [3.63, 3.8) is 0 Å². The highest BCUT2D eigenvalue weighted by molar-refractivity contribution is 7.93. The number of amides is 3. The van der Waals surface area contributed by atoms with Crippen molar-refractivity contribution in [2.24, 2.45) is 0 Å². The zero-order valence-corrected chi connectivity index (χ0v) is 18.3. The van der Waals surface area contributed by atoms with Crippen LogP contribution in [0.5, 0.6) is 5.75 Å². The second-order valence-electron chi connectivity index (χ2n) is 7.53. The first-order valence-corrected chi connectivity index (χ1v) is 11.7. The number of nitrogens with zero attached hydrogens (tertiary/aromatic N) is 2. The van der Waals surface area contributed by atoms with Gasteiger partial charge in [0.25, 0.3) is 5.91 Å². The van der Waals surface area contributed by atoms with Crippen LogP contribution in [-0.4, -0.2) is 73.1 Å². The molecule has 2 N–H and O–H groups in total. The van der Waals surface area contributed by atoms with Crippen LogP contribution in [0.2, 0.25) is 0 Å². The second kappa shape index (κ2) is 9.68. The fraction of sp³-hybridized carbons (Fsp3) is 0.524. The SMILES string of the molecule is CC#CCOc1ccc(S(=O)(=O)C2(C(=O)N(O)C(=O)N3CCCC3)CCNCC2)cc1. The fourth-order valence-corrected chi connectivity index (χ4v) is 5.89. The van der Waals surface area contributed by atoms with E-state index >= 15 is 0 Å². The van der Waals surface area contributed by atoms with Gasteiger partial charge in [-0.2, -0.15) is 0 Å². The molecule has 0 bridgehead atoms. The Bertz CT molecular complexity index is 969. The van der Waals surface area contributed by atoms with Gasteiger partial charge >= 0.3 is 6.03 Å². The molecular formula is C21H27N3O6S. The Kier molecular flexibility index (Phi) is 7.20. The van der Waals surface area contributed by atoms with E-state index in [2.05, 4.69) is 17.2 Å². The van der Waals surface area contributed by atoms with Gasteiger partial charge in [0.2, 0.25) is 0 Å². The minimum atomic E-state index is -4.21. The van der Waals surface area contributed by atoms with Crippen LogP contribution < -0.4 is 10.1 Å². The van der Waals surface area contributed by atoms with Crippen LogP contribution in [0.1, 0.15) is 32.6 Å². The van der Waals surface area contributed by atoms with E-state index in [9.17, 15) is 23.2 Å². The molecule has 0 atom stereocenters. The van der Waals surface area contributed by atoms with Gasteiger partial charge in [-0.15, -0.1) is 11.0 Å². The number of hydrogen-bond acceptors (Lipinski definition) is 7. The number of carbonyl (C=O) groups is 2. The highest BCUT2D eigenvalue weighted by Gasteiger charge is 2.55. The van der Waals surface area contributed by atoms with E-state index in [1.54, 1.807) is 6.92 Å². The molecule has 1 aromatic rings. The van der Waals surface area contributed by atoms with Crippen LogP contribution in [0.15, 0.2) is 29.2 Å². The quantitative estimate of drug-likeness (QED) is 0.397. The van der Waals surface area contributed by atoms with E-state index in [-0.39, 0.29) is 42.5 Å². The smallest absolute Gasteiger partial charge is 0.351 e. The summed E-state index contributed by atoms with van der Waals surface area (Å²) in [6, 6.07) is 4.85. The lowest BCUT2D eigenvalue weighted by Gasteiger charge is -2.37. The van der Waals surface area contributed by atoms with Gasteiger partial charge in [-0.3, -0.25) is 10.0 Å². The molecule has 0 saturated carbocycles. The monoisotopic (exact) mass is 449 g/mol. The molecule has 168 valence electrons. The number of urea groups is 1. The average Bonchev–Trinajstić information content (AvgIpc) is 3.33. The van der Waals surface area contributed by atoms with Crippen LogP contribution >= 0.6 is 0 Å². The fourth-order valence-electron chi connectivity index (χ4n) is 3.88. The van der Waals surface area contributed by atoms with Crippen molar-refractivity contribution in [2.75, 3.05) is 32.8 Å². The normalized spacial score (nSPS) is 18.1. The van der Waals surface area contributed by atoms with E-state index in [1.165, 1.54) is 29.2 Å². The number of rotatable bonds is 5. The van der Waals surface area contributed by atoms with Gasteiger partial charge < -0.3 is 15.0 Å². The van der Waals surface area contributed by atoms with E-state index < -0.39 is 26.5 Å². The van der Waals surface area contributed by atoms with Crippen LogP contribution in [0, 0.1) is 11.8 Å². The summed E-state index contributed by atoms with van der Waals surface area (Å²) in [6.45, 7) is 3.26. The molecule has 31 heavy (non-hydrogen) atoms. The third-order valence-corrected chi connectivity index (χ3v) is 8.19. The maximum Gasteiger partial charge on any atom is 0.351 e. The Balaban J connectivity index is 1.89. The van der Waals surface area contributed by atoms with Crippen molar-refractivity contribution < 1.29 is 28.0 Å². The average molecular weight is 450 g/mol. The molecule has 2 aliphatic heterocycles. The third-order valence-electron chi connectivity index (χ3n) is 5.69. The van der Waals surface area contributed by atoms with Gasteiger partial charge in [-0.05, 0) is 70.0 Å². The minimum absolute atomic E-state index is 0.00487. The summed E-state index contributed by atoms with van der Waals surface area (Å²) in [5.74, 6) is 4.79. The van der Waals surface area contributed by atoms with Gasteiger partial charge in [-0.1, -0.05) is 5.92 Å². The van der Waals surface area contributed by atoms with Gasteiger partial charge in [0, 0.05) is 13.1 Å². The molecule has 10 heteroatoms. The molecule has 1 aromatic carbocycles. The Labute approximate surface area is 182 Å². The van der Waals surface area contributed by atoms with Crippen molar-refractivity contribution >= 4 is 21.8 Å². The Morgan fingerprint density at radius 2 is 1.81 bits per heavy atom. The molecule has 0 radical (unpaired) electrons. The summed E-state index contributed by atoms with van der Waals surface area (Å²) in [4.78, 5) is 27.1. The predicted molar refractivity (Wildman–Crippen MR) is 112 cm³/mol. The molecule has 9 nitrogen and oxygen atoms in total. The number of ether oxygens (including phenoxy) is 1. The number of piperidine rings is 1. The van der Waals surface area contributed by atoms with Gasteiger partial charge in [0.05, 0.1) is 4.90 Å². The first kappa shape index (κ1) is 23.1. The van der Waals surface area contributed by atoms with E-state index in [4.69, 9.17) is 4.74 Å². The van der Waals surface area contributed by atoms with Crippen LogP contribution in [0.4, 0.5) is 4.79 Å². The zero-order valence-electron chi connectivity index (χ0n) is 17.5. The molecule has 2 saturated heterocycles. The maximum absolute atomic E-state index is 13.6. The summed E-state index contributed by atoms with van der Waals surface area (Å²) < 4.78 is 30.7. The van der Waals surface area contributed by atoms with E-state index in [0.717, 1.165) is 12.8 Å². The molecule has 0 aromatic heterocycles. The summed E-state index contributed by atoms with van der Waals surface area (Å²) in [5, 5.41) is 13.4. The first-order chi connectivity index (χ1) is 14.8. The standard InChI is InChI=1S/C21H27N3O6S/c1-2-3-16-30-17-6-8-18(9-7-17)31(28,29)21(10-12-22-13-11-21)19(25)24(27)20(26)23-14-4-5-15-23/h6-9,22,27H,4-5,10-16H2,1H3. The van der Waals surface area contributed by atoms with Gasteiger partial charge in [0.15, 0.2) is 14.6 Å². The largest absolute Gasteiger partial charge is 0.481 e. The predicted octanol–water partition coefficient (Wildman–Crippen LogP) is 1.42. The van der Waals surface area contributed by atoms with E-state index in [0.29, 0.717) is 18.8 Å². The lowest BCUT2D eigenvalue weighted by atomic mass is 9.95. The molecule has 3 amide bonds. The lowest BCUT2D eigenvalue weighted by molar-refractivity contribution is -0.158. The number of imide groups is 1. The molecule has 2 aliphatic rings. The third kappa shape index (κ3) is 4.54. The molecule has 0 spiro atoms. The number of benzene rings is 1. The molecule has 3 rings (SSSR count). The molecular weight excluding hydrogens is 422 g/mol. The molecule has 2 fully saturated rings. The number of carbonyl (C=O) groups excluding carboxylic acids is 2. The van der Waals surface area contributed by atoms with Crippen molar-refractivity contribution in [2.45, 2.75) is 42.2 Å². The van der Waals surface area contributed by atoms with E-state index in [1.807, 2.05) is 0 Å². The number of hydroxylamine groups is 2. The highest BCUT2D eigenvalue weighted by Crippen LogP contribution is 2.36. The van der Waals surface area contributed by atoms with Gasteiger partial charge in [-0.25, -0.2) is 13.2 Å². The lowest BCUT2D eigenvalue weighted by Crippen LogP contribution is -2.60. The van der Waals surface area contributed by atoms with Gasteiger partial charge in [0.1, 0.15) is 12.4 Å². The van der Waals surface area contributed by atoms with Crippen LogP contribution in [0.3, 0.4) is 0 Å². The summed E-state index contributed by atoms with van der Waals surface area (Å²) in [7, 11) is -4.21. The Morgan fingerprint density at radius 3 is 2.39 bits per heavy atom. The first-order valence-electron chi connectivity index (χ1n) is 10.2. The highest BCUT2D eigenvalue weighted by atomic mass is 32.2. The van der Waals surface area contributed by atoms with Crippen molar-refractivity contribution in [1.82, 2.24) is 15.3 Å². The van der Waals surface area contributed by atoms with Crippen molar-refractivity contribution in [1.29, 1.82) is 0 Å². The topological polar surface area (TPSA) is 116 Å². The molecule has 0 unspecified atom stereocenters. The minimum Gasteiger partial charge on any atom is -0.481 e.